The fourth-order valence-electron chi connectivity index (χ4n) is 2.08. The van der Waals surface area contributed by atoms with E-state index in [9.17, 15) is 10.2 Å². The van der Waals surface area contributed by atoms with Crippen LogP contribution in [0.4, 0.5) is 0 Å². The summed E-state index contributed by atoms with van der Waals surface area (Å²) in [5, 5.41) is 19.2. The first-order chi connectivity index (χ1) is 8.49. The van der Waals surface area contributed by atoms with Gasteiger partial charge in [0.2, 0.25) is 0 Å². The minimum atomic E-state index is 0.264. The van der Waals surface area contributed by atoms with Crippen molar-refractivity contribution in [3.63, 3.8) is 0 Å². The molecule has 0 amide bonds. The average Bonchev–Trinajstić information content (AvgIpc) is 2.33. The minimum Gasteiger partial charge on any atom is -0.508 e. The van der Waals surface area contributed by atoms with E-state index in [1.165, 1.54) is 0 Å². The highest BCUT2D eigenvalue weighted by Gasteiger charge is 2.11. The van der Waals surface area contributed by atoms with Gasteiger partial charge in [-0.3, -0.25) is 0 Å². The maximum atomic E-state index is 9.82. The molecule has 2 aromatic carbocycles. The lowest BCUT2D eigenvalue weighted by Gasteiger charge is -2.15. The predicted molar refractivity (Wildman–Crippen MR) is 74.0 cm³/mol. The highest BCUT2D eigenvalue weighted by molar-refractivity contribution is 5.70. The Bertz CT molecular complexity index is 554. The summed E-state index contributed by atoms with van der Waals surface area (Å²) in [5.41, 5.74) is 4.14. The number of aryl methyl sites for hydroxylation is 1. The molecule has 0 unspecified atom stereocenters. The van der Waals surface area contributed by atoms with Gasteiger partial charge in [0.15, 0.2) is 0 Å². The Balaban J connectivity index is 2.62. The summed E-state index contributed by atoms with van der Waals surface area (Å²) in [6.07, 6.45) is 0. The Hall–Kier alpha value is -1.96. The lowest BCUT2D eigenvalue weighted by Crippen LogP contribution is -1.94. The Kier molecular flexibility index (Phi) is 3.28. The molecule has 0 saturated carbocycles. The standard InChI is InChI=1S/C16H18O2/c1-10(2)14-9-16(18)11(3)8-15(14)12-4-6-13(17)7-5-12/h4-10,17-18H,1-3H3. The maximum Gasteiger partial charge on any atom is 0.118 e. The summed E-state index contributed by atoms with van der Waals surface area (Å²) in [6, 6.07) is 11.0. The zero-order valence-electron chi connectivity index (χ0n) is 10.9. The zero-order valence-corrected chi connectivity index (χ0v) is 10.9. The van der Waals surface area contributed by atoms with Crippen LogP contribution in [0.2, 0.25) is 0 Å². The van der Waals surface area contributed by atoms with Crippen molar-refractivity contribution in [1.29, 1.82) is 0 Å². The molecule has 0 fully saturated rings. The molecule has 0 spiro atoms. The lowest BCUT2D eigenvalue weighted by molar-refractivity contribution is 0.470. The molecule has 0 bridgehead atoms. The first-order valence-electron chi connectivity index (χ1n) is 6.12. The van der Waals surface area contributed by atoms with E-state index in [4.69, 9.17) is 0 Å². The second-order valence-corrected chi connectivity index (χ2v) is 4.93. The third kappa shape index (κ3) is 2.33. The Morgan fingerprint density at radius 2 is 1.56 bits per heavy atom. The number of phenolic OH excluding ortho intramolecular Hbond substituents is 2. The minimum absolute atomic E-state index is 0.264. The molecule has 0 atom stereocenters. The topological polar surface area (TPSA) is 40.5 Å². The summed E-state index contributed by atoms with van der Waals surface area (Å²) in [7, 11) is 0. The van der Waals surface area contributed by atoms with Crippen LogP contribution < -0.4 is 0 Å². The van der Waals surface area contributed by atoms with Crippen molar-refractivity contribution < 1.29 is 10.2 Å². The van der Waals surface area contributed by atoms with Crippen LogP contribution in [0, 0.1) is 6.92 Å². The van der Waals surface area contributed by atoms with Crippen molar-refractivity contribution in [1.82, 2.24) is 0 Å². The summed E-state index contributed by atoms with van der Waals surface area (Å²) in [4.78, 5) is 0. The zero-order chi connectivity index (χ0) is 13.3. The molecule has 0 aromatic heterocycles. The van der Waals surface area contributed by atoms with Gasteiger partial charge in [0.05, 0.1) is 0 Å². The van der Waals surface area contributed by atoms with Crippen LogP contribution in [0.5, 0.6) is 11.5 Å². The van der Waals surface area contributed by atoms with E-state index >= 15 is 0 Å². The van der Waals surface area contributed by atoms with E-state index < -0.39 is 0 Å². The van der Waals surface area contributed by atoms with E-state index in [-0.39, 0.29) is 5.75 Å². The van der Waals surface area contributed by atoms with Crippen LogP contribution in [0.3, 0.4) is 0 Å². The normalized spacial score (nSPS) is 10.9. The SMILES string of the molecule is Cc1cc(-c2ccc(O)cc2)c(C(C)C)cc1O. The molecule has 18 heavy (non-hydrogen) atoms. The molecule has 0 saturated heterocycles. The Morgan fingerprint density at radius 3 is 2.11 bits per heavy atom. The fourth-order valence-corrected chi connectivity index (χ4v) is 2.08. The van der Waals surface area contributed by atoms with Crippen molar-refractivity contribution in [2.75, 3.05) is 0 Å². The number of aromatic hydroxyl groups is 2. The molecule has 0 radical (unpaired) electrons. The highest BCUT2D eigenvalue weighted by atomic mass is 16.3. The van der Waals surface area contributed by atoms with Gasteiger partial charge in [0.25, 0.3) is 0 Å². The maximum absolute atomic E-state index is 9.82. The van der Waals surface area contributed by atoms with E-state index in [0.29, 0.717) is 11.7 Å². The van der Waals surface area contributed by atoms with E-state index in [1.54, 1.807) is 12.1 Å². The predicted octanol–water partition coefficient (Wildman–Crippen LogP) is 4.20. The van der Waals surface area contributed by atoms with Crippen LogP contribution in [0.15, 0.2) is 36.4 Å². The number of hydrogen-bond acceptors (Lipinski definition) is 2. The molecule has 2 heteroatoms. The van der Waals surface area contributed by atoms with Gasteiger partial charge in [-0.1, -0.05) is 26.0 Å². The molecule has 0 aliphatic heterocycles. The first-order valence-corrected chi connectivity index (χ1v) is 6.12. The van der Waals surface area contributed by atoms with Gasteiger partial charge in [-0.25, -0.2) is 0 Å². The quantitative estimate of drug-likeness (QED) is 0.828. The first kappa shape index (κ1) is 12.5. The van der Waals surface area contributed by atoms with Crippen LogP contribution in [0.1, 0.15) is 30.9 Å². The van der Waals surface area contributed by atoms with Crippen LogP contribution in [-0.4, -0.2) is 10.2 Å². The van der Waals surface area contributed by atoms with Gasteiger partial charge < -0.3 is 10.2 Å². The molecule has 0 aliphatic rings. The van der Waals surface area contributed by atoms with Gasteiger partial charge in [-0.15, -0.1) is 0 Å². The van der Waals surface area contributed by atoms with E-state index in [0.717, 1.165) is 22.3 Å². The van der Waals surface area contributed by atoms with Gasteiger partial charge in [-0.05, 0) is 59.4 Å². The van der Waals surface area contributed by atoms with Gasteiger partial charge in [0, 0.05) is 0 Å². The second-order valence-electron chi connectivity index (χ2n) is 4.93. The summed E-state index contributed by atoms with van der Waals surface area (Å²) in [5.74, 6) is 0.932. The number of hydrogen-bond donors (Lipinski definition) is 2. The number of rotatable bonds is 2. The van der Waals surface area contributed by atoms with Gasteiger partial charge >= 0.3 is 0 Å². The molecule has 2 aromatic rings. The van der Waals surface area contributed by atoms with Crippen LogP contribution in [0.25, 0.3) is 11.1 Å². The number of phenols is 2. The molecule has 2 rings (SSSR count). The summed E-state index contributed by atoms with van der Waals surface area (Å²) < 4.78 is 0. The molecule has 0 aliphatic carbocycles. The smallest absolute Gasteiger partial charge is 0.118 e. The molecule has 2 nitrogen and oxygen atoms in total. The average molecular weight is 242 g/mol. The van der Waals surface area contributed by atoms with Gasteiger partial charge in [0.1, 0.15) is 11.5 Å². The second kappa shape index (κ2) is 4.73. The largest absolute Gasteiger partial charge is 0.508 e. The van der Waals surface area contributed by atoms with Crippen LogP contribution >= 0.6 is 0 Å². The monoisotopic (exact) mass is 242 g/mol. The van der Waals surface area contributed by atoms with Gasteiger partial charge in [-0.2, -0.15) is 0 Å². The van der Waals surface area contributed by atoms with Crippen molar-refractivity contribution in [2.45, 2.75) is 26.7 Å². The van der Waals surface area contributed by atoms with Crippen molar-refractivity contribution >= 4 is 0 Å². The highest BCUT2D eigenvalue weighted by Crippen LogP contribution is 2.34. The van der Waals surface area contributed by atoms with Crippen LogP contribution in [-0.2, 0) is 0 Å². The van der Waals surface area contributed by atoms with E-state index in [2.05, 4.69) is 13.8 Å². The number of benzene rings is 2. The molecular formula is C16H18O2. The molecule has 94 valence electrons. The van der Waals surface area contributed by atoms with Crippen molar-refractivity contribution in [3.05, 3.63) is 47.5 Å². The lowest BCUT2D eigenvalue weighted by atomic mass is 9.91. The summed E-state index contributed by atoms with van der Waals surface area (Å²) in [6.45, 7) is 6.10. The van der Waals surface area contributed by atoms with E-state index in [1.807, 2.05) is 31.2 Å². The van der Waals surface area contributed by atoms with Crippen molar-refractivity contribution in [2.24, 2.45) is 0 Å². The molecular weight excluding hydrogens is 224 g/mol. The third-order valence-electron chi connectivity index (χ3n) is 3.17. The third-order valence-corrected chi connectivity index (χ3v) is 3.17. The fraction of sp³-hybridized carbons (Fsp3) is 0.250. The Morgan fingerprint density at radius 1 is 0.944 bits per heavy atom. The molecule has 2 N–H and O–H groups in total. The molecule has 0 heterocycles. The van der Waals surface area contributed by atoms with Crippen molar-refractivity contribution in [3.8, 4) is 22.6 Å². The Labute approximate surface area is 108 Å². The summed E-state index contributed by atoms with van der Waals surface area (Å²) >= 11 is 0.